The third kappa shape index (κ3) is 1.99. The Kier molecular flexibility index (Phi) is 2.71. The van der Waals surface area contributed by atoms with Crippen LogP contribution in [0.4, 0.5) is 5.95 Å². The fourth-order valence-corrected chi connectivity index (χ4v) is 2.78. The number of methoxy groups -OCH3 is 1. The average molecular weight is 231 g/mol. The molecule has 1 aromatic rings. The molecule has 2 unspecified atom stereocenters. The SMILES string of the molecule is COc1ccnc(N2CC3CC=CCC3C2)n1. The molecule has 90 valence electrons. The maximum absolute atomic E-state index is 5.14. The molecule has 2 aliphatic rings. The molecule has 0 N–H and O–H groups in total. The number of hydrogen-bond donors (Lipinski definition) is 0. The predicted molar refractivity (Wildman–Crippen MR) is 66.2 cm³/mol. The van der Waals surface area contributed by atoms with E-state index in [0.717, 1.165) is 30.9 Å². The number of ether oxygens (including phenoxy) is 1. The molecule has 1 aliphatic carbocycles. The minimum Gasteiger partial charge on any atom is -0.481 e. The zero-order valence-electron chi connectivity index (χ0n) is 10.0. The maximum Gasteiger partial charge on any atom is 0.228 e. The van der Waals surface area contributed by atoms with Gasteiger partial charge in [0.25, 0.3) is 0 Å². The Bertz CT molecular complexity index is 416. The van der Waals surface area contributed by atoms with E-state index in [0.29, 0.717) is 5.88 Å². The van der Waals surface area contributed by atoms with E-state index < -0.39 is 0 Å². The van der Waals surface area contributed by atoms with E-state index in [-0.39, 0.29) is 0 Å². The van der Waals surface area contributed by atoms with Gasteiger partial charge in [0.15, 0.2) is 0 Å². The quantitative estimate of drug-likeness (QED) is 0.728. The Balaban J connectivity index is 1.77. The molecule has 0 amide bonds. The third-order valence-electron chi connectivity index (χ3n) is 3.73. The molecule has 2 atom stereocenters. The molecular formula is C13H17N3O. The summed E-state index contributed by atoms with van der Waals surface area (Å²) in [6.45, 7) is 2.14. The Labute approximate surface area is 101 Å². The molecule has 1 saturated heterocycles. The van der Waals surface area contributed by atoms with Crippen molar-refractivity contribution in [3.8, 4) is 5.88 Å². The predicted octanol–water partition coefficient (Wildman–Crippen LogP) is 1.89. The molecule has 0 radical (unpaired) electrons. The van der Waals surface area contributed by atoms with Gasteiger partial charge >= 0.3 is 0 Å². The van der Waals surface area contributed by atoms with Gasteiger partial charge in [-0.2, -0.15) is 4.98 Å². The zero-order valence-corrected chi connectivity index (χ0v) is 10.0. The number of aromatic nitrogens is 2. The molecule has 3 rings (SSSR count). The average Bonchev–Trinajstić information content (AvgIpc) is 2.82. The number of anilines is 1. The van der Waals surface area contributed by atoms with E-state index in [4.69, 9.17) is 4.74 Å². The van der Waals surface area contributed by atoms with Crippen LogP contribution in [0, 0.1) is 11.8 Å². The van der Waals surface area contributed by atoms with Crippen LogP contribution in [0.5, 0.6) is 5.88 Å². The fraction of sp³-hybridized carbons (Fsp3) is 0.538. The summed E-state index contributed by atoms with van der Waals surface area (Å²) in [6, 6.07) is 1.79. The van der Waals surface area contributed by atoms with Gasteiger partial charge in [0.1, 0.15) is 0 Å². The molecule has 17 heavy (non-hydrogen) atoms. The Morgan fingerprint density at radius 1 is 1.24 bits per heavy atom. The van der Waals surface area contributed by atoms with Gasteiger partial charge in [0, 0.05) is 25.4 Å². The largest absolute Gasteiger partial charge is 0.481 e. The molecular weight excluding hydrogens is 214 g/mol. The smallest absolute Gasteiger partial charge is 0.228 e. The summed E-state index contributed by atoms with van der Waals surface area (Å²) < 4.78 is 5.14. The first-order chi connectivity index (χ1) is 8.36. The van der Waals surface area contributed by atoms with E-state index in [1.54, 1.807) is 19.4 Å². The van der Waals surface area contributed by atoms with Gasteiger partial charge in [0.2, 0.25) is 11.8 Å². The lowest BCUT2D eigenvalue weighted by Crippen LogP contribution is -2.22. The first-order valence-corrected chi connectivity index (χ1v) is 6.14. The van der Waals surface area contributed by atoms with Gasteiger partial charge in [-0.15, -0.1) is 0 Å². The van der Waals surface area contributed by atoms with Gasteiger partial charge < -0.3 is 9.64 Å². The summed E-state index contributed by atoms with van der Waals surface area (Å²) in [5, 5.41) is 0. The Morgan fingerprint density at radius 2 is 1.94 bits per heavy atom. The topological polar surface area (TPSA) is 38.2 Å². The van der Waals surface area contributed by atoms with Gasteiger partial charge in [-0.05, 0) is 24.7 Å². The molecule has 1 aromatic heterocycles. The lowest BCUT2D eigenvalue weighted by Gasteiger charge is -2.17. The second kappa shape index (κ2) is 4.35. The van der Waals surface area contributed by atoms with Crippen LogP contribution >= 0.6 is 0 Å². The number of hydrogen-bond acceptors (Lipinski definition) is 4. The number of allylic oxidation sites excluding steroid dienone is 2. The second-order valence-electron chi connectivity index (χ2n) is 4.77. The highest BCUT2D eigenvalue weighted by molar-refractivity contribution is 5.34. The zero-order chi connectivity index (χ0) is 11.7. The summed E-state index contributed by atoms with van der Waals surface area (Å²) in [5.41, 5.74) is 0. The van der Waals surface area contributed by atoms with Gasteiger partial charge in [-0.3, -0.25) is 0 Å². The highest BCUT2D eigenvalue weighted by Crippen LogP contribution is 2.34. The number of nitrogens with zero attached hydrogens (tertiary/aromatic N) is 3. The standard InChI is InChI=1S/C13H17N3O/c1-17-12-6-7-14-13(15-12)16-8-10-4-2-3-5-11(10)9-16/h2-3,6-7,10-11H,4-5,8-9H2,1H3. The first kappa shape index (κ1) is 10.6. The Morgan fingerprint density at radius 3 is 2.59 bits per heavy atom. The summed E-state index contributed by atoms with van der Waals surface area (Å²) in [5.74, 6) is 2.99. The molecule has 1 fully saturated rings. The van der Waals surface area contributed by atoms with Crippen LogP contribution in [-0.2, 0) is 0 Å². The highest BCUT2D eigenvalue weighted by Gasteiger charge is 2.33. The van der Waals surface area contributed by atoms with Crippen molar-refractivity contribution in [2.24, 2.45) is 11.8 Å². The first-order valence-electron chi connectivity index (χ1n) is 6.14. The second-order valence-corrected chi connectivity index (χ2v) is 4.77. The van der Waals surface area contributed by atoms with Crippen LogP contribution in [0.2, 0.25) is 0 Å². The monoisotopic (exact) mass is 231 g/mol. The van der Waals surface area contributed by atoms with Crippen molar-refractivity contribution in [1.82, 2.24) is 9.97 Å². The minimum absolute atomic E-state index is 0.642. The number of rotatable bonds is 2. The molecule has 0 spiro atoms. The van der Waals surface area contributed by atoms with Crippen LogP contribution in [0.15, 0.2) is 24.4 Å². The summed E-state index contributed by atoms with van der Waals surface area (Å²) >= 11 is 0. The van der Waals surface area contributed by atoms with Crippen LogP contribution in [0.1, 0.15) is 12.8 Å². The summed E-state index contributed by atoms with van der Waals surface area (Å²) in [7, 11) is 1.64. The van der Waals surface area contributed by atoms with Crippen molar-refractivity contribution in [3.05, 3.63) is 24.4 Å². The molecule has 0 bridgehead atoms. The third-order valence-corrected chi connectivity index (χ3v) is 3.73. The van der Waals surface area contributed by atoms with Crippen molar-refractivity contribution in [2.45, 2.75) is 12.8 Å². The van der Waals surface area contributed by atoms with Crippen LogP contribution in [0.3, 0.4) is 0 Å². The maximum atomic E-state index is 5.14. The molecule has 4 nitrogen and oxygen atoms in total. The number of fused-ring (bicyclic) bond motifs is 1. The van der Waals surface area contributed by atoms with E-state index >= 15 is 0 Å². The summed E-state index contributed by atoms with van der Waals surface area (Å²) in [6.07, 6.45) is 8.77. The van der Waals surface area contributed by atoms with Crippen molar-refractivity contribution in [3.63, 3.8) is 0 Å². The van der Waals surface area contributed by atoms with E-state index in [1.165, 1.54) is 12.8 Å². The normalized spacial score (nSPS) is 27.0. The Hall–Kier alpha value is -1.58. The highest BCUT2D eigenvalue weighted by atomic mass is 16.5. The van der Waals surface area contributed by atoms with Crippen LogP contribution in [0.25, 0.3) is 0 Å². The molecule has 0 aromatic carbocycles. The lowest BCUT2D eigenvalue weighted by atomic mass is 9.86. The van der Waals surface area contributed by atoms with E-state index in [9.17, 15) is 0 Å². The van der Waals surface area contributed by atoms with Crippen molar-refractivity contribution in [2.75, 3.05) is 25.1 Å². The molecule has 1 aliphatic heterocycles. The molecule has 0 saturated carbocycles. The van der Waals surface area contributed by atoms with Crippen LogP contribution in [-0.4, -0.2) is 30.2 Å². The minimum atomic E-state index is 0.642. The fourth-order valence-electron chi connectivity index (χ4n) is 2.78. The molecule has 4 heteroatoms. The van der Waals surface area contributed by atoms with Crippen molar-refractivity contribution in [1.29, 1.82) is 0 Å². The molecule has 2 heterocycles. The van der Waals surface area contributed by atoms with Gasteiger partial charge in [0.05, 0.1) is 7.11 Å². The van der Waals surface area contributed by atoms with Gasteiger partial charge in [-0.25, -0.2) is 4.98 Å². The van der Waals surface area contributed by atoms with E-state index in [1.807, 2.05) is 0 Å². The lowest BCUT2D eigenvalue weighted by molar-refractivity contribution is 0.397. The van der Waals surface area contributed by atoms with Crippen molar-refractivity contribution >= 4 is 5.95 Å². The van der Waals surface area contributed by atoms with Crippen LogP contribution < -0.4 is 9.64 Å². The summed E-state index contributed by atoms with van der Waals surface area (Å²) in [4.78, 5) is 11.0. The van der Waals surface area contributed by atoms with Crippen molar-refractivity contribution < 1.29 is 4.74 Å². The van der Waals surface area contributed by atoms with E-state index in [2.05, 4.69) is 27.0 Å². The van der Waals surface area contributed by atoms with Gasteiger partial charge in [-0.1, -0.05) is 12.2 Å².